The summed E-state index contributed by atoms with van der Waals surface area (Å²) in [5, 5.41) is 3.65. The van der Waals surface area contributed by atoms with Crippen molar-refractivity contribution in [2.75, 3.05) is 11.9 Å². The molecule has 0 amide bonds. The average Bonchev–Trinajstić information content (AvgIpc) is 2.48. The van der Waals surface area contributed by atoms with Crippen LogP contribution in [0.2, 0.25) is 0 Å². The monoisotopic (exact) mass is 290 g/mol. The summed E-state index contributed by atoms with van der Waals surface area (Å²) in [7, 11) is 0. The second-order valence-electron chi connectivity index (χ2n) is 6.99. The Morgan fingerprint density at radius 3 is 3.00 bits per heavy atom. The Morgan fingerprint density at radius 1 is 1.43 bits per heavy atom. The summed E-state index contributed by atoms with van der Waals surface area (Å²) in [6.45, 7) is 8.32. The van der Waals surface area contributed by atoms with Crippen LogP contribution in [-0.2, 0) is 11.3 Å². The number of aromatic nitrogens is 1. The molecule has 0 radical (unpaired) electrons. The van der Waals surface area contributed by atoms with Gasteiger partial charge in [-0.25, -0.2) is 0 Å². The number of ether oxygens (including phenoxy) is 1. The first-order valence-corrected chi connectivity index (χ1v) is 8.12. The molecule has 1 N–H and O–H groups in total. The Labute approximate surface area is 126 Å². The van der Waals surface area contributed by atoms with Crippen LogP contribution in [0.3, 0.4) is 0 Å². The third kappa shape index (κ3) is 2.50. The van der Waals surface area contributed by atoms with Crippen LogP contribution >= 0.6 is 0 Å². The number of nitrogens with one attached hydrogen (secondary N) is 1. The Morgan fingerprint density at radius 2 is 2.24 bits per heavy atom. The zero-order valence-electron chi connectivity index (χ0n) is 13.3. The molecule has 1 aliphatic heterocycles. The molecule has 1 saturated heterocycles. The van der Waals surface area contributed by atoms with Gasteiger partial charge in [0.15, 0.2) is 0 Å². The summed E-state index contributed by atoms with van der Waals surface area (Å²) in [5.74, 6) is 0.598. The number of aryl methyl sites for hydroxylation is 1. The predicted molar refractivity (Wildman–Crippen MR) is 84.6 cm³/mol. The van der Waals surface area contributed by atoms with Gasteiger partial charge in [0.05, 0.1) is 11.8 Å². The van der Waals surface area contributed by atoms with Crippen LogP contribution in [0, 0.1) is 11.3 Å². The van der Waals surface area contributed by atoms with E-state index in [1.54, 1.807) is 10.6 Å². The molecule has 2 fully saturated rings. The largest absolute Gasteiger partial charge is 0.380 e. The molecule has 116 valence electrons. The van der Waals surface area contributed by atoms with Crippen LogP contribution in [0.5, 0.6) is 0 Å². The lowest BCUT2D eigenvalue weighted by Crippen LogP contribution is -2.67. The number of rotatable bonds is 4. The second-order valence-corrected chi connectivity index (χ2v) is 6.99. The van der Waals surface area contributed by atoms with Gasteiger partial charge in [-0.15, -0.1) is 0 Å². The van der Waals surface area contributed by atoms with E-state index in [2.05, 4.69) is 26.1 Å². The maximum Gasteiger partial charge on any atom is 0.250 e. The van der Waals surface area contributed by atoms with Crippen molar-refractivity contribution in [3.05, 3.63) is 28.7 Å². The highest BCUT2D eigenvalue weighted by molar-refractivity contribution is 5.43. The number of anilines is 1. The molecule has 3 atom stereocenters. The van der Waals surface area contributed by atoms with Gasteiger partial charge in [-0.3, -0.25) is 4.79 Å². The summed E-state index contributed by atoms with van der Waals surface area (Å²) >= 11 is 0. The zero-order chi connectivity index (χ0) is 15.0. The molecule has 4 nitrogen and oxygen atoms in total. The van der Waals surface area contributed by atoms with Crippen molar-refractivity contribution in [2.45, 2.75) is 58.7 Å². The number of nitrogens with zero attached hydrogens (tertiary/aromatic N) is 1. The highest BCUT2D eigenvalue weighted by Gasteiger charge is 2.57. The van der Waals surface area contributed by atoms with Gasteiger partial charge in [-0.05, 0) is 25.3 Å². The van der Waals surface area contributed by atoms with Gasteiger partial charge in [-0.1, -0.05) is 20.8 Å². The van der Waals surface area contributed by atoms with Crippen LogP contribution in [0.15, 0.2) is 23.1 Å². The van der Waals surface area contributed by atoms with Crippen molar-refractivity contribution in [2.24, 2.45) is 11.3 Å². The molecular formula is C17H26N2O2. The van der Waals surface area contributed by atoms with Gasteiger partial charge in [0.2, 0.25) is 0 Å². The number of fused-ring (bicyclic) bond motifs is 1. The lowest BCUT2D eigenvalue weighted by atomic mass is 9.55. The van der Waals surface area contributed by atoms with Crippen molar-refractivity contribution in [3.63, 3.8) is 0 Å². The normalized spacial score (nSPS) is 30.3. The minimum absolute atomic E-state index is 0.0779. The summed E-state index contributed by atoms with van der Waals surface area (Å²) < 4.78 is 7.74. The summed E-state index contributed by atoms with van der Waals surface area (Å²) in [6.07, 6.45) is 5.70. The van der Waals surface area contributed by atoms with Gasteiger partial charge < -0.3 is 14.6 Å². The van der Waals surface area contributed by atoms with Gasteiger partial charge in [-0.2, -0.15) is 0 Å². The minimum atomic E-state index is 0.0779. The lowest BCUT2D eigenvalue weighted by Gasteiger charge is -2.60. The first-order valence-electron chi connectivity index (χ1n) is 8.12. The first kappa shape index (κ1) is 14.6. The number of hydrogen-bond donors (Lipinski definition) is 1. The Hall–Kier alpha value is -1.29. The molecule has 2 heterocycles. The highest BCUT2D eigenvalue weighted by Crippen LogP contribution is 2.52. The van der Waals surface area contributed by atoms with Gasteiger partial charge in [0, 0.05) is 42.8 Å². The van der Waals surface area contributed by atoms with Crippen molar-refractivity contribution in [1.82, 2.24) is 4.57 Å². The predicted octanol–water partition coefficient (Wildman–Crippen LogP) is 2.87. The van der Waals surface area contributed by atoms with E-state index in [1.807, 2.05) is 12.3 Å². The lowest BCUT2D eigenvalue weighted by molar-refractivity contribution is -0.177. The summed E-state index contributed by atoms with van der Waals surface area (Å²) in [6, 6.07) is 4.00. The van der Waals surface area contributed by atoms with Crippen LogP contribution in [0.25, 0.3) is 0 Å². The maximum absolute atomic E-state index is 11.8. The van der Waals surface area contributed by atoms with Crippen LogP contribution in [0.4, 0.5) is 5.69 Å². The van der Waals surface area contributed by atoms with Crippen molar-refractivity contribution in [1.29, 1.82) is 0 Å². The highest BCUT2D eigenvalue weighted by atomic mass is 16.5. The third-order valence-corrected chi connectivity index (χ3v) is 5.10. The van der Waals surface area contributed by atoms with E-state index < -0.39 is 0 Å². The van der Waals surface area contributed by atoms with Crippen LogP contribution < -0.4 is 10.9 Å². The Bertz CT molecular complexity index is 564. The van der Waals surface area contributed by atoms with E-state index in [9.17, 15) is 4.79 Å². The molecule has 2 aliphatic rings. The fourth-order valence-electron chi connectivity index (χ4n) is 4.03. The van der Waals surface area contributed by atoms with Gasteiger partial charge in [0.1, 0.15) is 0 Å². The standard InChI is InChI=1S/C17H26N2O2/c1-4-9-19-11-12(7-8-14(19)20)18-15-13-6-5-10-21-16(13)17(15,2)3/h7-8,11,13,15-16,18H,4-6,9-10H2,1-3H3. The van der Waals surface area contributed by atoms with E-state index in [4.69, 9.17) is 4.74 Å². The number of hydrogen-bond acceptors (Lipinski definition) is 3. The fraction of sp³-hybridized carbons (Fsp3) is 0.706. The molecule has 1 saturated carbocycles. The molecule has 3 rings (SSSR count). The van der Waals surface area contributed by atoms with Gasteiger partial charge >= 0.3 is 0 Å². The van der Waals surface area contributed by atoms with E-state index in [0.717, 1.165) is 31.7 Å². The molecule has 0 aromatic carbocycles. The molecular weight excluding hydrogens is 264 g/mol. The van der Waals surface area contributed by atoms with E-state index in [1.165, 1.54) is 6.42 Å². The van der Waals surface area contributed by atoms with Gasteiger partial charge in [0.25, 0.3) is 5.56 Å². The average molecular weight is 290 g/mol. The smallest absolute Gasteiger partial charge is 0.250 e. The van der Waals surface area contributed by atoms with Crippen molar-refractivity contribution < 1.29 is 4.74 Å². The molecule has 1 aliphatic carbocycles. The molecule has 1 aromatic heterocycles. The Kier molecular flexibility index (Phi) is 3.82. The van der Waals surface area contributed by atoms with Crippen molar-refractivity contribution in [3.8, 4) is 0 Å². The van der Waals surface area contributed by atoms with E-state index in [-0.39, 0.29) is 11.0 Å². The van der Waals surface area contributed by atoms with Crippen molar-refractivity contribution >= 4 is 5.69 Å². The zero-order valence-corrected chi connectivity index (χ0v) is 13.3. The SMILES string of the molecule is CCCn1cc(NC2C3CCCOC3C2(C)C)ccc1=O. The van der Waals surface area contributed by atoms with Crippen LogP contribution in [0.1, 0.15) is 40.0 Å². The third-order valence-electron chi connectivity index (χ3n) is 5.10. The number of pyridine rings is 1. The minimum Gasteiger partial charge on any atom is -0.380 e. The van der Waals surface area contributed by atoms with Crippen LogP contribution in [-0.4, -0.2) is 23.3 Å². The molecule has 4 heteroatoms. The second kappa shape index (κ2) is 5.48. The van der Waals surface area contributed by atoms with E-state index >= 15 is 0 Å². The fourth-order valence-corrected chi connectivity index (χ4v) is 4.03. The molecule has 21 heavy (non-hydrogen) atoms. The quantitative estimate of drug-likeness (QED) is 0.927. The summed E-state index contributed by atoms with van der Waals surface area (Å²) in [4.78, 5) is 11.8. The molecule has 1 aromatic rings. The van der Waals surface area contributed by atoms with E-state index in [0.29, 0.717) is 18.1 Å². The molecule has 3 unspecified atom stereocenters. The first-order chi connectivity index (χ1) is 10.0. The Balaban J connectivity index is 1.77. The maximum atomic E-state index is 11.8. The topological polar surface area (TPSA) is 43.3 Å². The summed E-state index contributed by atoms with van der Waals surface area (Å²) in [5.41, 5.74) is 1.27. The molecule has 0 bridgehead atoms. The molecule has 0 spiro atoms.